The average molecular weight is 1330 g/mol. The maximum atomic E-state index is 15.5. The standard InChI is InChI=1S/C53H15B2F33N2/c56-43(57,58)20-1-6-35(28(9-20)47(68,69)70)54(40-29(48(71,72)73)10-21(44(59,60)61)11-30(40)49(74,75)76)36-7-18(16-89)24-2-3-25-19(17-90)8-37(27-5-4-26(36)38(24)39(25)27)55(41-31(50(77,78)79)12-22(45(62,63)64)13-32(41)51(80,81)82)42-33(52(83,84)85)14-23(46(65,66)67)15-34(42)53(86,87)88/h1-15H. The molecular formula is C53H15B2F33N2. The molecule has 90 heavy (non-hydrogen) atoms. The first kappa shape index (κ1) is 67.5. The van der Waals surface area contributed by atoms with E-state index in [9.17, 15) is 63.2 Å². The molecule has 37 heteroatoms. The van der Waals surface area contributed by atoms with Crippen molar-refractivity contribution in [3.8, 4) is 12.1 Å². The van der Waals surface area contributed by atoms with Gasteiger partial charge < -0.3 is 0 Å². The van der Waals surface area contributed by atoms with Gasteiger partial charge in [0.15, 0.2) is 0 Å². The summed E-state index contributed by atoms with van der Waals surface area (Å²) < 4.78 is 495. The van der Waals surface area contributed by atoms with Crippen LogP contribution in [0.25, 0.3) is 32.3 Å². The van der Waals surface area contributed by atoms with E-state index < -0.39 is 273 Å². The van der Waals surface area contributed by atoms with Gasteiger partial charge in [0.05, 0.1) is 84.5 Å². The highest BCUT2D eigenvalue weighted by molar-refractivity contribution is 6.99. The van der Waals surface area contributed by atoms with E-state index in [1.807, 2.05) is 0 Å². The lowest BCUT2D eigenvalue weighted by molar-refractivity contribution is -0.149. The smallest absolute Gasteiger partial charge is 0.192 e. The van der Waals surface area contributed by atoms with E-state index in [1.54, 1.807) is 0 Å². The van der Waals surface area contributed by atoms with Gasteiger partial charge in [-0.25, -0.2) is 0 Å². The molecule has 0 aliphatic carbocycles. The van der Waals surface area contributed by atoms with E-state index >= 15 is 92.2 Å². The summed E-state index contributed by atoms with van der Waals surface area (Å²) in [6, 6.07) is -5.97. The van der Waals surface area contributed by atoms with Crippen LogP contribution in [0.5, 0.6) is 0 Å². The lowest BCUT2D eigenvalue weighted by Gasteiger charge is -2.31. The van der Waals surface area contributed by atoms with Crippen molar-refractivity contribution in [3.63, 3.8) is 0 Å². The largest absolute Gasteiger partial charge is 0.416 e. The first-order valence-electron chi connectivity index (χ1n) is 23.6. The summed E-state index contributed by atoms with van der Waals surface area (Å²) in [4.78, 5) is 0. The molecule has 8 rings (SSSR count). The van der Waals surface area contributed by atoms with Crippen LogP contribution in [0, 0.1) is 22.7 Å². The molecule has 474 valence electrons. The van der Waals surface area contributed by atoms with Gasteiger partial charge >= 0.3 is 67.9 Å². The number of nitriles is 2. The number of hydrogen-bond donors (Lipinski definition) is 0. The van der Waals surface area contributed by atoms with Gasteiger partial charge in [-0.05, 0) is 92.5 Å². The van der Waals surface area contributed by atoms with Gasteiger partial charge in [0.2, 0.25) is 13.4 Å². The fourth-order valence-corrected chi connectivity index (χ4v) is 10.7. The van der Waals surface area contributed by atoms with Gasteiger partial charge in [-0.3, -0.25) is 0 Å². The van der Waals surface area contributed by atoms with Crippen LogP contribution in [0.3, 0.4) is 0 Å². The molecule has 0 aliphatic heterocycles. The molecule has 8 aromatic rings. The van der Waals surface area contributed by atoms with Crippen molar-refractivity contribution >= 4 is 78.5 Å². The molecule has 8 aromatic carbocycles. The first-order chi connectivity index (χ1) is 40.5. The van der Waals surface area contributed by atoms with E-state index in [2.05, 4.69) is 0 Å². The zero-order valence-electron chi connectivity index (χ0n) is 42.2. The molecule has 0 aliphatic rings. The SMILES string of the molecule is N#Cc1cc(B(c2ccc(C(F)(F)F)cc2C(F)(F)F)c2c(C(F)(F)F)cc(C(F)(F)F)cc2C(F)(F)F)c2ccc3c(B(c4c(C(F)(F)F)cc(C(F)(F)F)cc4C(F)(F)F)c4c(C(F)(F)F)cc(C(F)(F)F)cc4C(F)(F)F)cc(C#N)c4ccc1c2c43. The molecule has 0 saturated carbocycles. The van der Waals surface area contributed by atoms with Crippen molar-refractivity contribution < 1.29 is 145 Å². The second kappa shape index (κ2) is 21.1. The zero-order valence-corrected chi connectivity index (χ0v) is 42.2. The molecule has 0 unspecified atom stereocenters. The summed E-state index contributed by atoms with van der Waals surface area (Å²) in [7, 11) is 0. The maximum absolute atomic E-state index is 15.5. The summed E-state index contributed by atoms with van der Waals surface area (Å²) in [5.74, 6) is 0. The Morgan fingerprint density at radius 1 is 0.233 bits per heavy atom. The minimum Gasteiger partial charge on any atom is -0.192 e. The highest BCUT2D eigenvalue weighted by atomic mass is 19.5. The normalized spacial score (nSPS) is 13.8. The molecular weight excluding hydrogens is 1310 g/mol. The maximum Gasteiger partial charge on any atom is 0.416 e. The summed E-state index contributed by atoms with van der Waals surface area (Å²) in [5.41, 5.74) is -52.6. The Labute approximate surface area is 476 Å². The quantitative estimate of drug-likeness (QED) is 0.0946. The molecule has 0 aromatic heterocycles. The highest BCUT2D eigenvalue weighted by Gasteiger charge is 2.55. The number of halogens is 33. The Hall–Kier alpha value is -8.40. The van der Waals surface area contributed by atoms with E-state index in [0.29, 0.717) is 12.1 Å². The van der Waals surface area contributed by atoms with Gasteiger partial charge in [-0.1, -0.05) is 52.8 Å². The molecule has 0 heterocycles. The summed E-state index contributed by atoms with van der Waals surface area (Å²) >= 11 is 0. The molecule has 0 amide bonds. The predicted octanol–water partition coefficient (Wildman–Crippen LogP) is 16.6. The van der Waals surface area contributed by atoms with Crippen LogP contribution >= 0.6 is 0 Å². The number of nitrogens with zero attached hydrogens (tertiary/aromatic N) is 2. The van der Waals surface area contributed by atoms with Gasteiger partial charge in [-0.2, -0.15) is 155 Å². The molecule has 2 nitrogen and oxygen atoms in total. The number of benzene rings is 8. The van der Waals surface area contributed by atoms with Crippen molar-refractivity contribution in [1.29, 1.82) is 10.5 Å². The van der Waals surface area contributed by atoms with E-state index in [4.69, 9.17) is 0 Å². The van der Waals surface area contributed by atoms with Crippen molar-refractivity contribution in [3.05, 3.63) is 163 Å². The number of rotatable bonds is 6. The molecule has 0 fully saturated rings. The topological polar surface area (TPSA) is 47.6 Å². The Morgan fingerprint density at radius 3 is 0.711 bits per heavy atom. The minimum atomic E-state index is -6.89. The Morgan fingerprint density at radius 2 is 0.467 bits per heavy atom. The molecule has 0 N–H and O–H groups in total. The Kier molecular flexibility index (Phi) is 15.8. The van der Waals surface area contributed by atoms with Crippen molar-refractivity contribution in [2.24, 2.45) is 0 Å². The lowest BCUT2D eigenvalue weighted by Crippen LogP contribution is -2.60. The van der Waals surface area contributed by atoms with E-state index in [1.165, 1.54) is 6.07 Å². The third kappa shape index (κ3) is 12.2. The van der Waals surface area contributed by atoms with E-state index in [-0.39, 0.29) is 24.3 Å². The second-order valence-electron chi connectivity index (χ2n) is 19.4. The molecule has 0 spiro atoms. The van der Waals surface area contributed by atoms with E-state index in [0.717, 1.165) is 6.07 Å². The molecule has 0 radical (unpaired) electrons. The Balaban J connectivity index is 1.74. The van der Waals surface area contributed by atoms with Crippen molar-refractivity contribution in [1.82, 2.24) is 0 Å². The zero-order chi connectivity index (χ0) is 68.1. The predicted molar refractivity (Wildman–Crippen MR) is 250 cm³/mol. The lowest BCUT2D eigenvalue weighted by atomic mass is 9.33. The number of hydrogen-bond acceptors (Lipinski definition) is 2. The summed E-state index contributed by atoms with van der Waals surface area (Å²) in [6.07, 6.45) is -72.3. The third-order valence-electron chi connectivity index (χ3n) is 14.0. The van der Waals surface area contributed by atoms with Crippen LogP contribution < -0.4 is 32.8 Å². The van der Waals surface area contributed by atoms with Gasteiger partial charge in [-0.15, -0.1) is 0 Å². The average Bonchev–Trinajstić information content (AvgIpc) is 1.04. The van der Waals surface area contributed by atoms with Gasteiger partial charge in [0, 0.05) is 10.8 Å². The van der Waals surface area contributed by atoms with Gasteiger partial charge in [0.1, 0.15) is 0 Å². The fraction of sp³-hybridized carbons (Fsp3) is 0.208. The van der Waals surface area contributed by atoms with Crippen LogP contribution in [-0.4, -0.2) is 13.4 Å². The Bertz CT molecular complexity index is 4080. The first-order valence-corrected chi connectivity index (χ1v) is 23.6. The summed E-state index contributed by atoms with van der Waals surface area (Å²) in [5, 5.41) is 13.3. The monoisotopic (exact) mass is 1330 g/mol. The summed E-state index contributed by atoms with van der Waals surface area (Å²) in [6.45, 7) is -8.36. The van der Waals surface area contributed by atoms with Crippen LogP contribution in [0.15, 0.2) is 91.0 Å². The van der Waals surface area contributed by atoms with Gasteiger partial charge in [0.25, 0.3) is 0 Å². The van der Waals surface area contributed by atoms with Crippen LogP contribution in [0.1, 0.15) is 72.3 Å². The highest BCUT2D eigenvalue weighted by Crippen LogP contribution is 2.47. The van der Waals surface area contributed by atoms with Crippen molar-refractivity contribution in [2.75, 3.05) is 0 Å². The second-order valence-corrected chi connectivity index (χ2v) is 19.4. The van der Waals surface area contributed by atoms with Crippen LogP contribution in [-0.2, 0) is 67.9 Å². The minimum absolute atomic E-state index is 0.00503. The number of alkyl halides is 33. The molecule has 0 saturated heterocycles. The third-order valence-corrected chi connectivity index (χ3v) is 14.0. The van der Waals surface area contributed by atoms with Crippen LogP contribution in [0.2, 0.25) is 0 Å². The van der Waals surface area contributed by atoms with Crippen LogP contribution in [0.4, 0.5) is 145 Å². The van der Waals surface area contributed by atoms with Crippen molar-refractivity contribution in [2.45, 2.75) is 67.9 Å². The fourth-order valence-electron chi connectivity index (χ4n) is 10.7. The molecule has 0 bridgehead atoms. The molecule has 0 atom stereocenters.